The standard InChI is InChI=1S/C15H15N3O2/c1-10-16-6-7-18(10)15-12-9-14(20-3)13(19-2)8-11(12)4-5-17-15/h4-9H,1-3H3. The Labute approximate surface area is 116 Å². The number of methoxy groups -OCH3 is 2. The van der Waals surface area contributed by atoms with Crippen LogP contribution in [0, 0.1) is 6.92 Å². The average Bonchev–Trinajstić information content (AvgIpc) is 2.91. The molecule has 20 heavy (non-hydrogen) atoms. The van der Waals surface area contributed by atoms with Crippen molar-refractivity contribution in [2.24, 2.45) is 0 Å². The molecule has 0 atom stereocenters. The topological polar surface area (TPSA) is 49.2 Å². The van der Waals surface area contributed by atoms with Gasteiger partial charge in [-0.25, -0.2) is 9.97 Å². The van der Waals surface area contributed by atoms with Crippen molar-refractivity contribution < 1.29 is 9.47 Å². The Morgan fingerprint density at radius 1 is 1.00 bits per heavy atom. The van der Waals surface area contributed by atoms with Crippen LogP contribution in [0.5, 0.6) is 11.5 Å². The first kappa shape index (κ1) is 12.5. The van der Waals surface area contributed by atoms with E-state index < -0.39 is 0 Å². The number of pyridine rings is 1. The predicted molar refractivity (Wildman–Crippen MR) is 76.7 cm³/mol. The fourth-order valence-electron chi connectivity index (χ4n) is 2.28. The lowest BCUT2D eigenvalue weighted by atomic mass is 10.1. The monoisotopic (exact) mass is 269 g/mol. The van der Waals surface area contributed by atoms with Gasteiger partial charge >= 0.3 is 0 Å². The Morgan fingerprint density at radius 3 is 2.40 bits per heavy atom. The molecular formula is C15H15N3O2. The second-order valence-electron chi connectivity index (χ2n) is 4.41. The molecule has 0 radical (unpaired) electrons. The van der Waals surface area contributed by atoms with E-state index in [2.05, 4.69) is 9.97 Å². The summed E-state index contributed by atoms with van der Waals surface area (Å²) in [4.78, 5) is 8.71. The van der Waals surface area contributed by atoms with Gasteiger partial charge < -0.3 is 9.47 Å². The van der Waals surface area contributed by atoms with Gasteiger partial charge in [0.2, 0.25) is 0 Å². The minimum atomic E-state index is 0.687. The lowest BCUT2D eigenvalue weighted by Gasteiger charge is -2.12. The minimum Gasteiger partial charge on any atom is -0.493 e. The molecule has 0 fully saturated rings. The number of rotatable bonds is 3. The van der Waals surface area contributed by atoms with Gasteiger partial charge in [0.1, 0.15) is 11.6 Å². The summed E-state index contributed by atoms with van der Waals surface area (Å²) in [6.45, 7) is 1.95. The Hall–Kier alpha value is -2.56. The zero-order chi connectivity index (χ0) is 14.1. The van der Waals surface area contributed by atoms with Crippen LogP contribution in [0.1, 0.15) is 5.82 Å². The van der Waals surface area contributed by atoms with E-state index in [0.717, 1.165) is 22.4 Å². The van der Waals surface area contributed by atoms with Gasteiger partial charge in [-0.3, -0.25) is 4.57 Å². The highest BCUT2D eigenvalue weighted by atomic mass is 16.5. The summed E-state index contributed by atoms with van der Waals surface area (Å²) in [6.07, 6.45) is 5.44. The third-order valence-corrected chi connectivity index (χ3v) is 3.30. The summed E-state index contributed by atoms with van der Waals surface area (Å²) in [7, 11) is 3.26. The van der Waals surface area contributed by atoms with Gasteiger partial charge in [0.05, 0.1) is 14.2 Å². The Kier molecular flexibility index (Phi) is 3.02. The molecule has 0 saturated carbocycles. The van der Waals surface area contributed by atoms with Crippen molar-refractivity contribution in [3.05, 3.63) is 42.6 Å². The van der Waals surface area contributed by atoms with Crippen LogP contribution in [0.4, 0.5) is 0 Å². The van der Waals surface area contributed by atoms with Crippen molar-refractivity contribution in [3.8, 4) is 17.3 Å². The van der Waals surface area contributed by atoms with Crippen LogP contribution >= 0.6 is 0 Å². The highest BCUT2D eigenvalue weighted by molar-refractivity contribution is 5.91. The van der Waals surface area contributed by atoms with E-state index in [1.165, 1.54) is 0 Å². The Bertz CT molecular complexity index is 765. The van der Waals surface area contributed by atoms with Crippen LogP contribution < -0.4 is 9.47 Å². The molecular weight excluding hydrogens is 254 g/mol. The van der Waals surface area contributed by atoms with Crippen molar-refractivity contribution in [2.75, 3.05) is 14.2 Å². The largest absolute Gasteiger partial charge is 0.493 e. The van der Waals surface area contributed by atoms with E-state index in [9.17, 15) is 0 Å². The van der Waals surface area contributed by atoms with Gasteiger partial charge in [-0.15, -0.1) is 0 Å². The summed E-state index contributed by atoms with van der Waals surface area (Å²) in [5.74, 6) is 3.12. The molecule has 0 N–H and O–H groups in total. The number of nitrogens with zero attached hydrogens (tertiary/aromatic N) is 3. The molecule has 0 spiro atoms. The summed E-state index contributed by atoms with van der Waals surface area (Å²) in [6, 6.07) is 5.84. The number of aryl methyl sites for hydroxylation is 1. The van der Waals surface area contributed by atoms with Crippen LogP contribution in [0.2, 0.25) is 0 Å². The molecule has 0 unspecified atom stereocenters. The first-order valence-electron chi connectivity index (χ1n) is 6.25. The van der Waals surface area contributed by atoms with E-state index in [-0.39, 0.29) is 0 Å². The zero-order valence-corrected chi connectivity index (χ0v) is 11.6. The van der Waals surface area contributed by atoms with Gasteiger partial charge in [0, 0.05) is 24.0 Å². The van der Waals surface area contributed by atoms with Crippen molar-refractivity contribution in [1.29, 1.82) is 0 Å². The molecule has 5 heteroatoms. The molecule has 102 valence electrons. The summed E-state index contributed by atoms with van der Waals surface area (Å²) in [5.41, 5.74) is 0. The summed E-state index contributed by atoms with van der Waals surface area (Å²) >= 11 is 0. The molecule has 0 saturated heterocycles. The molecule has 0 aliphatic heterocycles. The lowest BCUT2D eigenvalue weighted by molar-refractivity contribution is 0.356. The molecule has 0 amide bonds. The first-order chi connectivity index (χ1) is 9.74. The van der Waals surface area contributed by atoms with E-state index in [0.29, 0.717) is 11.5 Å². The Morgan fingerprint density at radius 2 is 1.75 bits per heavy atom. The maximum Gasteiger partial charge on any atom is 0.161 e. The highest BCUT2D eigenvalue weighted by Gasteiger charge is 2.11. The highest BCUT2D eigenvalue weighted by Crippen LogP contribution is 2.34. The van der Waals surface area contributed by atoms with Crippen LogP contribution in [0.25, 0.3) is 16.6 Å². The quantitative estimate of drug-likeness (QED) is 0.733. The maximum absolute atomic E-state index is 5.37. The van der Waals surface area contributed by atoms with E-state index >= 15 is 0 Å². The minimum absolute atomic E-state index is 0.687. The molecule has 5 nitrogen and oxygen atoms in total. The molecule has 3 rings (SSSR count). The molecule has 2 heterocycles. The van der Waals surface area contributed by atoms with Gasteiger partial charge in [0.25, 0.3) is 0 Å². The van der Waals surface area contributed by atoms with Gasteiger partial charge in [0.15, 0.2) is 11.5 Å². The van der Waals surface area contributed by atoms with Crippen LogP contribution in [0.3, 0.4) is 0 Å². The summed E-state index contributed by atoms with van der Waals surface area (Å²) < 4.78 is 12.7. The molecule has 0 aliphatic carbocycles. The number of benzene rings is 1. The smallest absolute Gasteiger partial charge is 0.161 e. The summed E-state index contributed by atoms with van der Waals surface area (Å²) in [5, 5.41) is 2.03. The van der Waals surface area contributed by atoms with E-state index in [1.807, 2.05) is 35.9 Å². The molecule has 0 bridgehead atoms. The van der Waals surface area contributed by atoms with Crippen LogP contribution in [-0.4, -0.2) is 28.8 Å². The number of aromatic nitrogens is 3. The lowest BCUT2D eigenvalue weighted by Crippen LogP contribution is -2.00. The molecule has 2 aromatic heterocycles. The fraction of sp³-hybridized carbons (Fsp3) is 0.200. The number of fused-ring (bicyclic) bond motifs is 1. The fourth-order valence-corrected chi connectivity index (χ4v) is 2.28. The van der Waals surface area contributed by atoms with Crippen molar-refractivity contribution >= 4 is 10.8 Å². The van der Waals surface area contributed by atoms with Gasteiger partial charge in [-0.1, -0.05) is 0 Å². The number of hydrogen-bond donors (Lipinski definition) is 0. The van der Waals surface area contributed by atoms with Gasteiger partial charge in [-0.2, -0.15) is 0 Å². The van der Waals surface area contributed by atoms with Crippen molar-refractivity contribution in [3.63, 3.8) is 0 Å². The van der Waals surface area contributed by atoms with Crippen molar-refractivity contribution in [2.45, 2.75) is 6.92 Å². The maximum atomic E-state index is 5.37. The molecule has 0 aliphatic rings. The zero-order valence-electron chi connectivity index (χ0n) is 11.6. The van der Waals surface area contributed by atoms with Crippen LogP contribution in [-0.2, 0) is 0 Å². The third kappa shape index (κ3) is 1.87. The van der Waals surface area contributed by atoms with Crippen molar-refractivity contribution in [1.82, 2.24) is 14.5 Å². The number of ether oxygens (including phenoxy) is 2. The van der Waals surface area contributed by atoms with Gasteiger partial charge in [-0.05, 0) is 30.5 Å². The second-order valence-corrected chi connectivity index (χ2v) is 4.41. The normalized spacial score (nSPS) is 10.8. The molecule has 1 aromatic carbocycles. The Balaban J connectivity index is 2.32. The average molecular weight is 269 g/mol. The number of hydrogen-bond acceptors (Lipinski definition) is 4. The predicted octanol–water partition coefficient (Wildman–Crippen LogP) is 2.75. The second kappa shape index (κ2) is 4.85. The van der Waals surface area contributed by atoms with E-state index in [4.69, 9.17) is 9.47 Å². The number of imidazole rings is 1. The van der Waals surface area contributed by atoms with Crippen LogP contribution in [0.15, 0.2) is 36.8 Å². The molecule has 3 aromatic rings. The SMILES string of the molecule is COc1cc2ccnc(-n3ccnc3C)c2cc1OC. The van der Waals surface area contributed by atoms with E-state index in [1.54, 1.807) is 26.6 Å². The first-order valence-corrected chi connectivity index (χ1v) is 6.25. The third-order valence-electron chi connectivity index (χ3n) is 3.30.